The summed E-state index contributed by atoms with van der Waals surface area (Å²) in [6.07, 6.45) is 0. The normalized spacial score (nSPS) is 11.7. The fourth-order valence-electron chi connectivity index (χ4n) is 1.91. The molecule has 0 aliphatic rings. The van der Waals surface area contributed by atoms with Crippen LogP contribution < -0.4 is 4.72 Å². The third-order valence-corrected chi connectivity index (χ3v) is 4.60. The Balaban J connectivity index is 2.03. The first-order valence-corrected chi connectivity index (χ1v) is 8.12. The summed E-state index contributed by atoms with van der Waals surface area (Å²) in [7, 11) is -3.82. The maximum Gasteiger partial charge on any atom is 0.263 e. The quantitative estimate of drug-likeness (QED) is 0.763. The summed E-state index contributed by atoms with van der Waals surface area (Å²) in [6, 6.07) is 11.3. The molecule has 0 bridgehead atoms. The lowest BCUT2D eigenvalue weighted by molar-refractivity contribution is 0.601. The van der Waals surface area contributed by atoms with E-state index in [9.17, 15) is 8.42 Å². The molecule has 0 amide bonds. The van der Waals surface area contributed by atoms with Gasteiger partial charge in [-0.3, -0.25) is 9.82 Å². The molecule has 0 fully saturated rings. The van der Waals surface area contributed by atoms with Crippen LogP contribution in [-0.4, -0.2) is 18.6 Å². The van der Waals surface area contributed by atoms with Gasteiger partial charge in [0.1, 0.15) is 0 Å². The fourth-order valence-corrected chi connectivity index (χ4v) is 3.66. The third-order valence-electron chi connectivity index (χ3n) is 2.85. The zero-order chi connectivity index (χ0) is 15.0. The standard InChI is InChI=1S/C13H9Cl2N3O2S/c14-8-5-9(15)7-10(6-8)21(19,20)18-13-11-3-1-2-4-12(11)16-17-13/h1-7H,(H2,16,17,18). The Bertz CT molecular complexity index is 902. The van der Waals surface area contributed by atoms with Crippen LogP contribution in [0.15, 0.2) is 47.4 Å². The number of rotatable bonds is 3. The van der Waals surface area contributed by atoms with Crippen LogP contribution in [0, 0.1) is 0 Å². The molecule has 0 atom stereocenters. The number of nitrogens with zero attached hydrogens (tertiary/aromatic N) is 1. The van der Waals surface area contributed by atoms with Crippen molar-refractivity contribution in [2.45, 2.75) is 4.90 Å². The SMILES string of the molecule is O=S(=O)(Nc1n[nH]c2ccccc12)c1cc(Cl)cc(Cl)c1. The molecule has 1 heterocycles. The van der Waals surface area contributed by atoms with Gasteiger partial charge in [-0.25, -0.2) is 8.42 Å². The highest BCUT2D eigenvalue weighted by molar-refractivity contribution is 7.92. The van der Waals surface area contributed by atoms with E-state index in [4.69, 9.17) is 23.2 Å². The highest BCUT2D eigenvalue weighted by atomic mass is 35.5. The number of sulfonamides is 1. The molecule has 2 aromatic carbocycles. The Morgan fingerprint density at radius 1 is 1.05 bits per heavy atom. The van der Waals surface area contributed by atoms with Gasteiger partial charge in [-0.05, 0) is 30.3 Å². The Morgan fingerprint density at radius 3 is 2.43 bits per heavy atom. The van der Waals surface area contributed by atoms with E-state index in [2.05, 4.69) is 14.9 Å². The topological polar surface area (TPSA) is 74.8 Å². The van der Waals surface area contributed by atoms with Crippen LogP contribution >= 0.6 is 23.2 Å². The number of aromatic nitrogens is 2. The summed E-state index contributed by atoms with van der Waals surface area (Å²) >= 11 is 11.7. The monoisotopic (exact) mass is 341 g/mol. The highest BCUT2D eigenvalue weighted by Crippen LogP contribution is 2.26. The molecular weight excluding hydrogens is 333 g/mol. The molecule has 5 nitrogen and oxygen atoms in total. The zero-order valence-electron chi connectivity index (χ0n) is 10.5. The predicted octanol–water partition coefficient (Wildman–Crippen LogP) is 3.67. The second-order valence-electron chi connectivity index (χ2n) is 4.33. The lowest BCUT2D eigenvalue weighted by atomic mass is 10.2. The van der Waals surface area contributed by atoms with Crippen LogP contribution in [0.25, 0.3) is 10.9 Å². The first-order valence-electron chi connectivity index (χ1n) is 5.88. The summed E-state index contributed by atoms with van der Waals surface area (Å²) in [6.45, 7) is 0. The van der Waals surface area contributed by atoms with Crippen molar-refractivity contribution in [3.05, 3.63) is 52.5 Å². The summed E-state index contributed by atoms with van der Waals surface area (Å²) in [5, 5.41) is 7.89. The van der Waals surface area contributed by atoms with Gasteiger partial charge in [0.15, 0.2) is 5.82 Å². The molecule has 2 N–H and O–H groups in total. The van der Waals surface area contributed by atoms with Crippen molar-refractivity contribution in [2.75, 3.05) is 4.72 Å². The minimum absolute atomic E-state index is 0.0212. The van der Waals surface area contributed by atoms with Crippen molar-refractivity contribution < 1.29 is 8.42 Å². The number of aromatic amines is 1. The van der Waals surface area contributed by atoms with Crippen molar-refractivity contribution in [1.29, 1.82) is 0 Å². The van der Waals surface area contributed by atoms with E-state index in [0.717, 1.165) is 5.52 Å². The third kappa shape index (κ3) is 2.83. The van der Waals surface area contributed by atoms with Gasteiger partial charge in [-0.1, -0.05) is 35.3 Å². The largest absolute Gasteiger partial charge is 0.276 e. The highest BCUT2D eigenvalue weighted by Gasteiger charge is 2.18. The fraction of sp³-hybridized carbons (Fsp3) is 0. The Kier molecular flexibility index (Phi) is 3.52. The molecule has 3 rings (SSSR count). The van der Waals surface area contributed by atoms with Crippen LogP contribution in [0.1, 0.15) is 0 Å². The molecule has 0 aliphatic carbocycles. The summed E-state index contributed by atoms with van der Waals surface area (Å²) in [5.74, 6) is 0.224. The molecule has 0 spiro atoms. The van der Waals surface area contributed by atoms with Gasteiger partial charge in [0.25, 0.3) is 10.0 Å². The number of nitrogens with one attached hydrogen (secondary N) is 2. The van der Waals surface area contributed by atoms with Crippen molar-refractivity contribution >= 4 is 49.9 Å². The first-order chi connectivity index (χ1) is 9.95. The number of para-hydroxylation sites is 1. The molecule has 0 radical (unpaired) electrons. The van der Waals surface area contributed by atoms with Crippen molar-refractivity contribution in [1.82, 2.24) is 10.2 Å². The smallest absolute Gasteiger partial charge is 0.263 e. The molecule has 1 aromatic heterocycles. The average molecular weight is 342 g/mol. The lowest BCUT2D eigenvalue weighted by Gasteiger charge is -2.07. The molecule has 21 heavy (non-hydrogen) atoms. The molecule has 108 valence electrons. The molecular formula is C13H9Cl2N3O2S. The summed E-state index contributed by atoms with van der Waals surface area (Å²) < 4.78 is 27.2. The maximum atomic E-state index is 12.4. The van der Waals surface area contributed by atoms with E-state index >= 15 is 0 Å². The number of H-pyrrole nitrogens is 1. The maximum absolute atomic E-state index is 12.4. The number of anilines is 1. The van der Waals surface area contributed by atoms with Crippen LogP contribution in [0.3, 0.4) is 0 Å². The summed E-state index contributed by atoms with van der Waals surface area (Å²) in [5.41, 5.74) is 0.735. The van der Waals surface area contributed by atoms with E-state index in [1.54, 1.807) is 18.2 Å². The van der Waals surface area contributed by atoms with Gasteiger partial charge >= 0.3 is 0 Å². The zero-order valence-corrected chi connectivity index (χ0v) is 12.8. The van der Waals surface area contributed by atoms with Crippen LogP contribution in [0.5, 0.6) is 0 Å². The van der Waals surface area contributed by atoms with Crippen LogP contribution in [0.2, 0.25) is 10.0 Å². The minimum Gasteiger partial charge on any atom is -0.276 e. The molecule has 0 aliphatic heterocycles. The molecule has 0 unspecified atom stereocenters. The molecule has 3 aromatic rings. The van der Waals surface area contributed by atoms with Gasteiger partial charge in [0.2, 0.25) is 0 Å². The first kappa shape index (κ1) is 14.2. The van der Waals surface area contributed by atoms with E-state index in [0.29, 0.717) is 5.39 Å². The number of fused-ring (bicyclic) bond motifs is 1. The second-order valence-corrected chi connectivity index (χ2v) is 6.88. The summed E-state index contributed by atoms with van der Waals surface area (Å²) in [4.78, 5) is -0.0212. The van der Waals surface area contributed by atoms with Gasteiger partial charge in [-0.15, -0.1) is 0 Å². The van der Waals surface area contributed by atoms with E-state index in [-0.39, 0.29) is 20.8 Å². The van der Waals surface area contributed by atoms with E-state index in [1.165, 1.54) is 18.2 Å². The van der Waals surface area contributed by atoms with Gasteiger partial charge in [0.05, 0.1) is 10.4 Å². The predicted molar refractivity (Wildman–Crippen MR) is 83.4 cm³/mol. The Labute approximate surface area is 130 Å². The Hall–Kier alpha value is -1.76. The number of hydrogen-bond acceptors (Lipinski definition) is 3. The number of halogens is 2. The molecule has 0 saturated heterocycles. The minimum atomic E-state index is -3.82. The van der Waals surface area contributed by atoms with E-state index in [1.807, 2.05) is 6.07 Å². The van der Waals surface area contributed by atoms with E-state index < -0.39 is 10.0 Å². The van der Waals surface area contributed by atoms with Gasteiger partial charge in [-0.2, -0.15) is 5.10 Å². The molecule has 0 saturated carbocycles. The Morgan fingerprint density at radius 2 is 1.71 bits per heavy atom. The van der Waals surface area contributed by atoms with Crippen molar-refractivity contribution in [3.63, 3.8) is 0 Å². The lowest BCUT2D eigenvalue weighted by Crippen LogP contribution is -2.13. The molecule has 8 heteroatoms. The van der Waals surface area contributed by atoms with Crippen molar-refractivity contribution in [3.8, 4) is 0 Å². The number of benzene rings is 2. The van der Waals surface area contributed by atoms with Crippen molar-refractivity contribution in [2.24, 2.45) is 0 Å². The van der Waals surface area contributed by atoms with Gasteiger partial charge in [0, 0.05) is 15.4 Å². The van der Waals surface area contributed by atoms with Crippen LogP contribution in [-0.2, 0) is 10.0 Å². The number of hydrogen-bond donors (Lipinski definition) is 2. The average Bonchev–Trinajstić information content (AvgIpc) is 2.81. The van der Waals surface area contributed by atoms with Gasteiger partial charge < -0.3 is 0 Å². The second kappa shape index (κ2) is 5.22. The van der Waals surface area contributed by atoms with Crippen LogP contribution in [0.4, 0.5) is 5.82 Å².